The van der Waals surface area contributed by atoms with Crippen molar-refractivity contribution in [3.8, 4) is 0 Å². The largest absolute Gasteiger partial charge is 0.461 e. The van der Waals surface area contributed by atoms with E-state index in [2.05, 4.69) is 77.1 Å². The highest BCUT2D eigenvalue weighted by molar-refractivity contribution is 5.77. The van der Waals surface area contributed by atoms with E-state index in [4.69, 9.17) is 9.47 Å². The first kappa shape index (κ1) is 39.3. The highest BCUT2D eigenvalue weighted by Crippen LogP contribution is 2.67. The number of ether oxygens (including phenoxy) is 2. The van der Waals surface area contributed by atoms with Crippen molar-refractivity contribution in [2.24, 2.45) is 34.5 Å². The fraction of sp³-hybridized carbons (Fsp3) is 0.696. The smallest absolute Gasteiger partial charge is 0.376 e. The maximum absolute atomic E-state index is 13.3. The van der Waals surface area contributed by atoms with Gasteiger partial charge in [-0.2, -0.15) is 17.6 Å². The molecule has 296 valence electrons. The summed E-state index contributed by atoms with van der Waals surface area (Å²) in [5.41, 5.74) is 6.85. The number of esters is 2. The highest BCUT2D eigenvalue weighted by atomic mass is 19.3. The van der Waals surface area contributed by atoms with Crippen molar-refractivity contribution >= 4 is 11.9 Å². The van der Waals surface area contributed by atoms with Gasteiger partial charge in [0, 0.05) is 24.7 Å². The summed E-state index contributed by atoms with van der Waals surface area (Å²) in [5.74, 6) is -7.11. The molecule has 0 aromatic heterocycles. The quantitative estimate of drug-likeness (QED) is 0.199. The third-order valence-electron chi connectivity index (χ3n) is 14.4. The minimum Gasteiger partial charge on any atom is -0.461 e. The van der Waals surface area contributed by atoms with Crippen molar-refractivity contribution in [1.29, 1.82) is 0 Å². The zero-order valence-corrected chi connectivity index (χ0v) is 33.4. The molecular formula is C46H60F4O4. The summed E-state index contributed by atoms with van der Waals surface area (Å²) >= 11 is 0. The second-order valence-electron chi connectivity index (χ2n) is 20.6. The van der Waals surface area contributed by atoms with Gasteiger partial charge in [-0.3, -0.25) is 0 Å². The van der Waals surface area contributed by atoms with E-state index in [0.29, 0.717) is 37.5 Å². The number of carbonyl (C=O) groups excluding carboxylic acids is 2. The molecule has 8 aliphatic carbocycles. The first-order valence-electron chi connectivity index (χ1n) is 20.3. The second-order valence-corrected chi connectivity index (χ2v) is 20.6. The molecule has 4 atom stereocenters. The Balaban J connectivity index is 0.000000167. The van der Waals surface area contributed by atoms with Gasteiger partial charge in [0.15, 0.2) is 0 Å². The number of hydrogen-bond acceptors (Lipinski definition) is 4. The third-order valence-corrected chi connectivity index (χ3v) is 14.4. The molecule has 4 nitrogen and oxygen atoms in total. The van der Waals surface area contributed by atoms with Gasteiger partial charge in [0.05, 0.1) is 13.2 Å². The Kier molecular flexibility index (Phi) is 9.73. The molecule has 8 aliphatic rings. The fourth-order valence-electron chi connectivity index (χ4n) is 13.3. The van der Waals surface area contributed by atoms with Gasteiger partial charge >= 0.3 is 23.8 Å². The average molecular weight is 753 g/mol. The summed E-state index contributed by atoms with van der Waals surface area (Å²) in [6.07, 6.45) is 13.2. The molecule has 0 amide bonds. The number of alkyl halides is 4. The molecule has 8 heteroatoms. The van der Waals surface area contributed by atoms with Crippen LogP contribution in [0.4, 0.5) is 17.6 Å². The number of aryl methyl sites for hydroxylation is 2. The number of hydrogen-bond donors (Lipinski definition) is 0. The third kappa shape index (κ3) is 7.62. The Labute approximate surface area is 319 Å². The number of carbonyl (C=O) groups is 2. The van der Waals surface area contributed by atoms with E-state index in [1.807, 2.05) is 0 Å². The predicted octanol–water partition coefficient (Wildman–Crippen LogP) is 11.4. The fourth-order valence-corrected chi connectivity index (χ4v) is 13.3. The van der Waals surface area contributed by atoms with E-state index in [9.17, 15) is 27.2 Å². The number of rotatable bonds is 8. The van der Waals surface area contributed by atoms with Crippen LogP contribution in [0.2, 0.25) is 0 Å². The maximum Gasteiger partial charge on any atom is 0.376 e. The van der Waals surface area contributed by atoms with Crippen molar-refractivity contribution in [2.45, 2.75) is 154 Å². The number of halogens is 4. The lowest BCUT2D eigenvalue weighted by atomic mass is 9.43. The molecule has 2 aromatic carbocycles. The topological polar surface area (TPSA) is 52.6 Å². The Bertz CT molecular complexity index is 1720. The van der Waals surface area contributed by atoms with Gasteiger partial charge in [-0.05, 0) is 153 Å². The molecule has 10 rings (SSSR count). The van der Waals surface area contributed by atoms with Gasteiger partial charge in [0.25, 0.3) is 0 Å². The van der Waals surface area contributed by atoms with Crippen LogP contribution in [0.1, 0.15) is 139 Å². The van der Waals surface area contributed by atoms with Gasteiger partial charge in [-0.1, -0.05) is 68.8 Å². The summed E-state index contributed by atoms with van der Waals surface area (Å²) in [6, 6.07) is 15.8. The minimum atomic E-state index is -3.41. The normalized spacial score (nSPS) is 35.0. The van der Waals surface area contributed by atoms with E-state index in [-0.39, 0.29) is 40.3 Å². The molecule has 0 aliphatic heterocycles. The lowest BCUT2D eigenvalue weighted by Crippen LogP contribution is -2.56. The Hall–Kier alpha value is -2.90. The van der Waals surface area contributed by atoms with E-state index in [1.165, 1.54) is 66.3 Å². The SMILES string of the molecule is CC(F)(F)C(=O)OCC12CC3CC(C1)CC(c1ccc(C(C)(C)C)cc1)(C3)C2.Cc1ccc(C23CC4CC(CC(COC(=O)C(C)(F)F)(C4)C2)C3)c(C)c1. The van der Waals surface area contributed by atoms with E-state index in [1.54, 1.807) is 0 Å². The molecule has 8 bridgehead atoms. The van der Waals surface area contributed by atoms with Crippen LogP contribution >= 0.6 is 0 Å². The summed E-state index contributed by atoms with van der Waals surface area (Å²) in [4.78, 5) is 23.3. The molecule has 4 unspecified atom stereocenters. The molecule has 2 aromatic rings. The van der Waals surface area contributed by atoms with Crippen molar-refractivity contribution in [1.82, 2.24) is 0 Å². The molecule has 0 saturated heterocycles. The average Bonchev–Trinajstić information content (AvgIpc) is 3.04. The highest BCUT2D eigenvalue weighted by Gasteiger charge is 2.60. The van der Waals surface area contributed by atoms with Gasteiger partial charge in [0.1, 0.15) is 0 Å². The van der Waals surface area contributed by atoms with Gasteiger partial charge in [-0.25, -0.2) is 9.59 Å². The monoisotopic (exact) mass is 752 g/mol. The van der Waals surface area contributed by atoms with Crippen LogP contribution < -0.4 is 0 Å². The van der Waals surface area contributed by atoms with E-state index in [0.717, 1.165) is 38.5 Å². The van der Waals surface area contributed by atoms with Crippen molar-refractivity contribution < 1.29 is 36.6 Å². The van der Waals surface area contributed by atoms with Gasteiger partial charge < -0.3 is 9.47 Å². The maximum atomic E-state index is 13.3. The second kappa shape index (κ2) is 13.4. The van der Waals surface area contributed by atoms with Crippen LogP contribution in [0, 0.1) is 48.3 Å². The van der Waals surface area contributed by atoms with Crippen LogP contribution in [-0.2, 0) is 35.3 Å². The summed E-state index contributed by atoms with van der Waals surface area (Å²) in [7, 11) is 0. The standard InChI is InChI=1S/C24H32F2O2.C22H28F2O2/c1-21(2,3)18-5-7-19(8-6-18)24-12-16-9-17(13-24)11-23(10-16,14-24)15-28-20(27)22(4,25)26;1-14-4-5-18(15(2)6-14)22-10-16-7-17(11-22)9-21(8-16,12-22)13-26-19(25)20(3,23)24/h5-8,16-17H,9-15H2,1-4H3;4-6,16-17H,7-13H2,1-3H3. The van der Waals surface area contributed by atoms with Crippen LogP contribution in [-0.4, -0.2) is 37.0 Å². The molecule has 8 fully saturated rings. The molecule has 0 radical (unpaired) electrons. The van der Waals surface area contributed by atoms with Crippen LogP contribution in [0.3, 0.4) is 0 Å². The predicted molar refractivity (Wildman–Crippen MR) is 202 cm³/mol. The Morgan fingerprint density at radius 2 is 1.06 bits per heavy atom. The first-order valence-corrected chi connectivity index (χ1v) is 20.3. The van der Waals surface area contributed by atoms with Gasteiger partial charge in [0.2, 0.25) is 0 Å². The lowest BCUT2D eigenvalue weighted by molar-refractivity contribution is -0.180. The van der Waals surface area contributed by atoms with E-state index >= 15 is 0 Å². The molecule has 54 heavy (non-hydrogen) atoms. The molecular weight excluding hydrogens is 692 g/mol. The first-order chi connectivity index (χ1) is 25.0. The van der Waals surface area contributed by atoms with Crippen LogP contribution in [0.15, 0.2) is 42.5 Å². The zero-order chi connectivity index (χ0) is 39.1. The zero-order valence-electron chi connectivity index (χ0n) is 33.4. The van der Waals surface area contributed by atoms with Crippen molar-refractivity contribution in [2.75, 3.05) is 13.2 Å². The molecule has 0 spiro atoms. The molecule has 0 N–H and O–H groups in total. The molecule has 8 saturated carbocycles. The molecule has 0 heterocycles. The summed E-state index contributed by atoms with van der Waals surface area (Å²) in [5, 5.41) is 0. The summed E-state index contributed by atoms with van der Waals surface area (Å²) in [6.45, 7) is 12.5. The van der Waals surface area contributed by atoms with Crippen molar-refractivity contribution in [3.63, 3.8) is 0 Å². The van der Waals surface area contributed by atoms with Crippen LogP contribution in [0.25, 0.3) is 0 Å². The minimum absolute atomic E-state index is 0.113. The van der Waals surface area contributed by atoms with Gasteiger partial charge in [-0.15, -0.1) is 0 Å². The Morgan fingerprint density at radius 1 is 0.630 bits per heavy atom. The van der Waals surface area contributed by atoms with E-state index < -0.39 is 23.8 Å². The number of benzene rings is 2. The summed E-state index contributed by atoms with van der Waals surface area (Å²) < 4.78 is 63.3. The van der Waals surface area contributed by atoms with Crippen LogP contribution in [0.5, 0.6) is 0 Å². The van der Waals surface area contributed by atoms with Crippen molar-refractivity contribution in [3.05, 3.63) is 70.3 Å². The Morgan fingerprint density at radius 3 is 1.46 bits per heavy atom. The lowest BCUT2D eigenvalue weighted by Gasteiger charge is -2.62.